The minimum atomic E-state index is -0.0903. The first-order valence-electron chi connectivity index (χ1n) is 6.85. The highest BCUT2D eigenvalue weighted by Crippen LogP contribution is 2.14. The van der Waals surface area contributed by atoms with Gasteiger partial charge in [0, 0.05) is 24.5 Å². The average Bonchev–Trinajstić information content (AvgIpc) is 3.17. The van der Waals surface area contributed by atoms with E-state index in [4.69, 9.17) is 0 Å². The van der Waals surface area contributed by atoms with Crippen LogP contribution in [-0.4, -0.2) is 35.9 Å². The summed E-state index contributed by atoms with van der Waals surface area (Å²) in [4.78, 5) is 12.0. The summed E-state index contributed by atoms with van der Waals surface area (Å²) in [5, 5.41) is 18.2. The number of aryl methyl sites for hydroxylation is 2. The molecule has 22 heavy (non-hydrogen) atoms. The molecule has 0 radical (unpaired) electrons. The molecular formula is C14H15N7O. The van der Waals surface area contributed by atoms with Crippen LogP contribution in [0.2, 0.25) is 0 Å². The molecule has 112 valence electrons. The van der Waals surface area contributed by atoms with Crippen LogP contribution in [-0.2, 0) is 11.3 Å². The van der Waals surface area contributed by atoms with E-state index in [1.54, 1.807) is 22.5 Å². The van der Waals surface area contributed by atoms with Gasteiger partial charge in [-0.15, -0.1) is 5.10 Å². The van der Waals surface area contributed by atoms with E-state index in [0.29, 0.717) is 18.8 Å². The lowest BCUT2D eigenvalue weighted by atomic mass is 10.2. The molecule has 0 fully saturated rings. The van der Waals surface area contributed by atoms with E-state index in [2.05, 4.69) is 25.9 Å². The number of rotatable bonds is 5. The first-order chi connectivity index (χ1) is 10.7. The Hall–Kier alpha value is -3.03. The summed E-state index contributed by atoms with van der Waals surface area (Å²) in [5.74, 6) is 0.598. The summed E-state index contributed by atoms with van der Waals surface area (Å²) >= 11 is 0. The van der Waals surface area contributed by atoms with Gasteiger partial charge in [0.1, 0.15) is 5.82 Å². The molecular weight excluding hydrogens is 282 g/mol. The summed E-state index contributed by atoms with van der Waals surface area (Å²) in [6.07, 6.45) is 3.86. The van der Waals surface area contributed by atoms with Crippen LogP contribution in [0.5, 0.6) is 0 Å². The van der Waals surface area contributed by atoms with E-state index in [9.17, 15) is 4.79 Å². The topological polar surface area (TPSA) is 90.5 Å². The fourth-order valence-electron chi connectivity index (χ4n) is 2.03. The van der Waals surface area contributed by atoms with Gasteiger partial charge in [0.05, 0.1) is 12.2 Å². The maximum Gasteiger partial charge on any atom is 0.226 e. The Bertz CT molecular complexity index is 763. The van der Waals surface area contributed by atoms with Crippen molar-refractivity contribution in [2.75, 3.05) is 5.32 Å². The van der Waals surface area contributed by atoms with Crippen molar-refractivity contribution in [3.05, 3.63) is 48.5 Å². The Balaban J connectivity index is 1.62. The molecule has 3 aromatic rings. The first-order valence-corrected chi connectivity index (χ1v) is 6.85. The second kappa shape index (κ2) is 6.17. The van der Waals surface area contributed by atoms with Gasteiger partial charge in [-0.2, -0.15) is 5.10 Å². The maximum atomic E-state index is 12.0. The normalized spacial score (nSPS) is 10.6. The number of anilines is 1. The van der Waals surface area contributed by atoms with E-state index in [1.807, 2.05) is 36.5 Å². The number of tetrazole rings is 1. The third-order valence-electron chi connectivity index (χ3n) is 3.16. The quantitative estimate of drug-likeness (QED) is 0.764. The van der Waals surface area contributed by atoms with Crippen molar-refractivity contribution < 1.29 is 4.79 Å². The summed E-state index contributed by atoms with van der Waals surface area (Å²) in [6, 6.07) is 9.35. The standard InChI is InChI=1S/C14H15N7O/c1-11-17-18-19-20(11)9-6-14(22)16-12-4-2-5-13(10-12)21-8-3-7-15-21/h2-5,7-8,10H,6,9H2,1H3,(H,16,22). The molecule has 2 aromatic heterocycles. The minimum Gasteiger partial charge on any atom is -0.326 e. The number of hydrogen-bond donors (Lipinski definition) is 1. The van der Waals surface area contributed by atoms with Crippen LogP contribution in [0, 0.1) is 6.92 Å². The van der Waals surface area contributed by atoms with Crippen molar-refractivity contribution >= 4 is 11.6 Å². The highest BCUT2D eigenvalue weighted by Gasteiger charge is 2.06. The SMILES string of the molecule is Cc1nnnn1CCC(=O)Nc1cccc(-n2cccn2)c1. The van der Waals surface area contributed by atoms with Crippen LogP contribution in [0.1, 0.15) is 12.2 Å². The molecule has 0 bridgehead atoms. The van der Waals surface area contributed by atoms with Crippen molar-refractivity contribution in [2.24, 2.45) is 0 Å². The van der Waals surface area contributed by atoms with Crippen LogP contribution in [0.15, 0.2) is 42.7 Å². The Morgan fingerprint density at radius 1 is 1.32 bits per heavy atom. The summed E-state index contributed by atoms with van der Waals surface area (Å²) < 4.78 is 3.33. The Morgan fingerprint density at radius 3 is 2.95 bits per heavy atom. The number of carbonyl (C=O) groups is 1. The van der Waals surface area contributed by atoms with Gasteiger partial charge in [-0.3, -0.25) is 4.79 Å². The second-order valence-corrected chi connectivity index (χ2v) is 4.75. The lowest BCUT2D eigenvalue weighted by Crippen LogP contribution is -2.15. The predicted octanol–water partition coefficient (Wildman–Crippen LogP) is 1.20. The monoisotopic (exact) mass is 297 g/mol. The molecule has 0 saturated carbocycles. The highest BCUT2D eigenvalue weighted by atomic mass is 16.1. The van der Waals surface area contributed by atoms with E-state index < -0.39 is 0 Å². The molecule has 2 heterocycles. The molecule has 8 nitrogen and oxygen atoms in total. The van der Waals surface area contributed by atoms with Crippen LogP contribution >= 0.6 is 0 Å². The third-order valence-corrected chi connectivity index (χ3v) is 3.16. The van der Waals surface area contributed by atoms with Crippen molar-refractivity contribution in [3.63, 3.8) is 0 Å². The molecule has 8 heteroatoms. The van der Waals surface area contributed by atoms with Crippen molar-refractivity contribution in [3.8, 4) is 5.69 Å². The Labute approximate surface area is 126 Å². The van der Waals surface area contributed by atoms with Gasteiger partial charge in [-0.05, 0) is 41.6 Å². The number of amides is 1. The van der Waals surface area contributed by atoms with Crippen LogP contribution in [0.3, 0.4) is 0 Å². The molecule has 0 spiro atoms. The van der Waals surface area contributed by atoms with E-state index >= 15 is 0 Å². The second-order valence-electron chi connectivity index (χ2n) is 4.75. The molecule has 1 aromatic carbocycles. The molecule has 1 N–H and O–H groups in total. The zero-order valence-corrected chi connectivity index (χ0v) is 12.0. The highest BCUT2D eigenvalue weighted by molar-refractivity contribution is 5.90. The van der Waals surface area contributed by atoms with Gasteiger partial charge in [0.2, 0.25) is 5.91 Å². The zero-order chi connectivity index (χ0) is 15.4. The largest absolute Gasteiger partial charge is 0.326 e. The molecule has 0 atom stereocenters. The van der Waals surface area contributed by atoms with E-state index in [0.717, 1.165) is 11.4 Å². The molecule has 0 aliphatic heterocycles. The molecule has 0 unspecified atom stereocenters. The number of hydrogen-bond acceptors (Lipinski definition) is 5. The molecule has 3 rings (SSSR count). The maximum absolute atomic E-state index is 12.0. The third kappa shape index (κ3) is 3.17. The summed E-state index contributed by atoms with van der Waals surface area (Å²) in [7, 11) is 0. The lowest BCUT2D eigenvalue weighted by Gasteiger charge is -2.08. The minimum absolute atomic E-state index is 0.0903. The first kappa shape index (κ1) is 13.9. The number of carbonyl (C=O) groups excluding carboxylic acids is 1. The number of nitrogens with zero attached hydrogens (tertiary/aromatic N) is 6. The number of benzene rings is 1. The van der Waals surface area contributed by atoms with E-state index in [1.165, 1.54) is 0 Å². The van der Waals surface area contributed by atoms with Crippen LogP contribution in [0.25, 0.3) is 5.69 Å². The van der Waals surface area contributed by atoms with Gasteiger partial charge in [0.25, 0.3) is 0 Å². The van der Waals surface area contributed by atoms with Gasteiger partial charge in [0.15, 0.2) is 0 Å². The molecule has 1 amide bonds. The fraction of sp³-hybridized carbons (Fsp3) is 0.214. The smallest absolute Gasteiger partial charge is 0.226 e. The Kier molecular flexibility index (Phi) is 3.90. The van der Waals surface area contributed by atoms with Gasteiger partial charge < -0.3 is 5.32 Å². The molecule has 0 aliphatic rings. The molecule has 0 saturated heterocycles. The molecule has 0 aliphatic carbocycles. The predicted molar refractivity (Wildman–Crippen MR) is 79.4 cm³/mol. The van der Waals surface area contributed by atoms with Gasteiger partial charge in [-0.1, -0.05) is 6.07 Å². The van der Waals surface area contributed by atoms with Crippen LogP contribution in [0.4, 0.5) is 5.69 Å². The fourth-order valence-corrected chi connectivity index (χ4v) is 2.03. The number of aromatic nitrogens is 6. The van der Waals surface area contributed by atoms with Crippen molar-refractivity contribution in [1.29, 1.82) is 0 Å². The summed E-state index contributed by atoms with van der Waals surface area (Å²) in [5.41, 5.74) is 1.62. The number of nitrogens with one attached hydrogen (secondary N) is 1. The zero-order valence-electron chi connectivity index (χ0n) is 12.0. The summed E-state index contributed by atoms with van der Waals surface area (Å²) in [6.45, 7) is 2.25. The lowest BCUT2D eigenvalue weighted by molar-refractivity contribution is -0.116. The van der Waals surface area contributed by atoms with Crippen molar-refractivity contribution in [2.45, 2.75) is 19.9 Å². The van der Waals surface area contributed by atoms with Crippen molar-refractivity contribution in [1.82, 2.24) is 30.0 Å². The average molecular weight is 297 g/mol. The van der Waals surface area contributed by atoms with Crippen LogP contribution < -0.4 is 5.32 Å². The Morgan fingerprint density at radius 2 is 2.23 bits per heavy atom. The van der Waals surface area contributed by atoms with Gasteiger partial charge >= 0.3 is 0 Å². The van der Waals surface area contributed by atoms with E-state index in [-0.39, 0.29) is 5.91 Å². The van der Waals surface area contributed by atoms with Gasteiger partial charge in [-0.25, -0.2) is 9.36 Å².